The first kappa shape index (κ1) is 16.8. The van der Waals surface area contributed by atoms with Gasteiger partial charge in [0.05, 0.1) is 12.9 Å². The zero-order valence-electron chi connectivity index (χ0n) is 13.2. The van der Waals surface area contributed by atoms with Crippen LogP contribution in [0.2, 0.25) is 0 Å². The smallest absolute Gasteiger partial charge is 0.237 e. The number of methoxy groups -OCH3 is 1. The van der Waals surface area contributed by atoms with Crippen molar-refractivity contribution in [1.29, 1.82) is 0 Å². The van der Waals surface area contributed by atoms with Gasteiger partial charge < -0.3 is 9.64 Å². The maximum absolute atomic E-state index is 13.7. The van der Waals surface area contributed by atoms with Crippen LogP contribution in [-0.2, 0) is 11.2 Å². The van der Waals surface area contributed by atoms with Crippen molar-refractivity contribution in [2.24, 2.45) is 0 Å². The van der Waals surface area contributed by atoms with Crippen LogP contribution in [0, 0.1) is 11.6 Å². The predicted molar refractivity (Wildman–Crippen MR) is 90.8 cm³/mol. The second-order valence-corrected chi connectivity index (χ2v) is 6.52. The second kappa shape index (κ2) is 7.21. The lowest BCUT2D eigenvalue weighted by Crippen LogP contribution is -2.36. The minimum absolute atomic E-state index is 0.0614. The van der Waals surface area contributed by atoms with E-state index in [0.717, 1.165) is 59.8 Å². The average Bonchev–Trinajstić information content (AvgIpc) is 2.61. The van der Waals surface area contributed by atoms with E-state index < -0.39 is 11.6 Å². The Balaban J connectivity index is 1.73. The molecule has 1 amide bonds. The summed E-state index contributed by atoms with van der Waals surface area (Å²) in [4.78, 5) is 14.4. The maximum Gasteiger partial charge on any atom is 0.237 e. The van der Waals surface area contributed by atoms with Crippen molar-refractivity contribution in [2.75, 3.05) is 24.3 Å². The number of anilines is 1. The van der Waals surface area contributed by atoms with Crippen LogP contribution in [0.1, 0.15) is 12.0 Å². The summed E-state index contributed by atoms with van der Waals surface area (Å²) in [7, 11) is 1.61. The second-order valence-electron chi connectivity index (χ2n) is 5.51. The van der Waals surface area contributed by atoms with E-state index >= 15 is 0 Å². The molecule has 0 bridgehead atoms. The molecular formula is C18H17F2NO2S. The van der Waals surface area contributed by atoms with Crippen LogP contribution in [0.5, 0.6) is 5.75 Å². The molecule has 3 nitrogen and oxygen atoms in total. The van der Waals surface area contributed by atoms with E-state index in [1.165, 1.54) is 0 Å². The number of rotatable bonds is 4. The Hall–Kier alpha value is -2.08. The lowest BCUT2D eigenvalue weighted by molar-refractivity contribution is -0.116. The Kier molecular flexibility index (Phi) is 5.04. The zero-order chi connectivity index (χ0) is 17.1. The number of carbonyl (C=O) groups excluding carboxylic acids is 1. The first-order valence-electron chi connectivity index (χ1n) is 7.63. The minimum Gasteiger partial charge on any atom is -0.497 e. The van der Waals surface area contributed by atoms with Gasteiger partial charge in [-0.2, -0.15) is 0 Å². The number of amides is 1. The lowest BCUT2D eigenvalue weighted by atomic mass is 10.0. The molecule has 126 valence electrons. The first-order valence-corrected chi connectivity index (χ1v) is 8.62. The standard InChI is InChI=1S/C18H17F2NO2S/c1-23-14-5-7-16-12(9-14)3-2-8-21(16)18(22)11-24-17-10-13(19)4-6-15(17)20/h4-7,9-10H,2-3,8,11H2,1H3. The number of aryl methyl sites for hydroxylation is 1. The summed E-state index contributed by atoms with van der Waals surface area (Å²) in [5.41, 5.74) is 1.93. The molecule has 2 aromatic carbocycles. The third-order valence-corrected chi connectivity index (χ3v) is 4.97. The molecule has 0 aliphatic carbocycles. The summed E-state index contributed by atoms with van der Waals surface area (Å²) in [5.74, 6) is -0.319. The third-order valence-electron chi connectivity index (χ3n) is 3.95. The third kappa shape index (κ3) is 3.53. The number of nitrogens with zero attached hydrogens (tertiary/aromatic N) is 1. The van der Waals surface area contributed by atoms with Gasteiger partial charge in [0.2, 0.25) is 5.91 Å². The highest BCUT2D eigenvalue weighted by Gasteiger charge is 2.23. The van der Waals surface area contributed by atoms with E-state index in [1.807, 2.05) is 18.2 Å². The fraction of sp³-hybridized carbons (Fsp3) is 0.278. The summed E-state index contributed by atoms with van der Waals surface area (Å²) in [6, 6.07) is 8.89. The fourth-order valence-corrected chi connectivity index (χ4v) is 3.60. The Labute approximate surface area is 143 Å². The minimum atomic E-state index is -0.516. The van der Waals surface area contributed by atoms with Crippen molar-refractivity contribution >= 4 is 23.4 Å². The molecular weight excluding hydrogens is 332 g/mol. The highest BCUT2D eigenvalue weighted by molar-refractivity contribution is 8.00. The molecule has 3 rings (SSSR count). The van der Waals surface area contributed by atoms with Crippen LogP contribution in [0.15, 0.2) is 41.3 Å². The highest BCUT2D eigenvalue weighted by Crippen LogP contribution is 2.31. The van der Waals surface area contributed by atoms with E-state index in [-0.39, 0.29) is 16.6 Å². The quantitative estimate of drug-likeness (QED) is 0.780. The van der Waals surface area contributed by atoms with E-state index in [1.54, 1.807) is 12.0 Å². The van der Waals surface area contributed by atoms with Gasteiger partial charge in [-0.3, -0.25) is 4.79 Å². The van der Waals surface area contributed by atoms with Crippen LogP contribution in [0.4, 0.5) is 14.5 Å². The number of fused-ring (bicyclic) bond motifs is 1. The van der Waals surface area contributed by atoms with Gasteiger partial charge in [-0.25, -0.2) is 8.78 Å². The molecule has 0 saturated heterocycles. The van der Waals surface area contributed by atoms with Crippen molar-refractivity contribution in [3.8, 4) is 5.75 Å². The highest BCUT2D eigenvalue weighted by atomic mass is 32.2. The van der Waals surface area contributed by atoms with Crippen LogP contribution >= 0.6 is 11.8 Å². The molecule has 0 saturated carbocycles. The van der Waals surface area contributed by atoms with Crippen molar-refractivity contribution in [2.45, 2.75) is 17.7 Å². The molecule has 0 fully saturated rings. The summed E-state index contributed by atoms with van der Waals surface area (Å²) >= 11 is 1.01. The normalized spacial score (nSPS) is 13.5. The number of carbonyl (C=O) groups is 1. The van der Waals surface area contributed by atoms with Crippen LogP contribution < -0.4 is 9.64 Å². The molecule has 1 aliphatic heterocycles. The van der Waals surface area contributed by atoms with Crippen molar-refractivity contribution in [3.05, 3.63) is 53.6 Å². The number of halogens is 2. The van der Waals surface area contributed by atoms with E-state index in [4.69, 9.17) is 4.74 Å². The van der Waals surface area contributed by atoms with Crippen molar-refractivity contribution in [1.82, 2.24) is 0 Å². The Morgan fingerprint density at radius 3 is 2.88 bits per heavy atom. The molecule has 24 heavy (non-hydrogen) atoms. The molecule has 2 aromatic rings. The molecule has 0 N–H and O–H groups in total. The molecule has 1 heterocycles. The Morgan fingerprint density at radius 1 is 1.25 bits per heavy atom. The number of benzene rings is 2. The summed E-state index contributed by atoms with van der Waals surface area (Å²) in [5, 5.41) is 0. The maximum atomic E-state index is 13.7. The molecule has 0 spiro atoms. The van der Waals surface area contributed by atoms with Gasteiger partial charge in [0.25, 0.3) is 0 Å². The summed E-state index contributed by atoms with van der Waals surface area (Å²) in [6.45, 7) is 0.629. The monoisotopic (exact) mass is 349 g/mol. The Bertz CT molecular complexity index is 767. The SMILES string of the molecule is COc1ccc2c(c1)CCCN2C(=O)CSc1cc(F)ccc1F. The largest absolute Gasteiger partial charge is 0.497 e. The summed E-state index contributed by atoms with van der Waals surface area (Å²) in [6.07, 6.45) is 1.76. The molecule has 0 aromatic heterocycles. The number of thioether (sulfide) groups is 1. The summed E-state index contributed by atoms with van der Waals surface area (Å²) < 4.78 is 32.1. The Morgan fingerprint density at radius 2 is 2.08 bits per heavy atom. The fourth-order valence-electron chi connectivity index (χ4n) is 2.76. The molecule has 6 heteroatoms. The van der Waals surface area contributed by atoms with Gasteiger partial charge in [-0.1, -0.05) is 0 Å². The van der Waals surface area contributed by atoms with Gasteiger partial charge in [-0.15, -0.1) is 11.8 Å². The van der Waals surface area contributed by atoms with E-state index in [2.05, 4.69) is 0 Å². The number of ether oxygens (including phenoxy) is 1. The van der Waals surface area contributed by atoms with Gasteiger partial charge >= 0.3 is 0 Å². The number of hydrogen-bond donors (Lipinski definition) is 0. The van der Waals surface area contributed by atoms with Gasteiger partial charge in [-0.05, 0) is 54.8 Å². The predicted octanol–water partition coefficient (Wildman–Crippen LogP) is 4.04. The van der Waals surface area contributed by atoms with Crippen LogP contribution in [0.25, 0.3) is 0 Å². The topological polar surface area (TPSA) is 29.5 Å². The van der Waals surface area contributed by atoms with Gasteiger partial charge in [0.15, 0.2) is 0 Å². The van der Waals surface area contributed by atoms with E-state index in [9.17, 15) is 13.6 Å². The molecule has 0 unspecified atom stereocenters. The van der Waals surface area contributed by atoms with Crippen LogP contribution in [0.3, 0.4) is 0 Å². The number of hydrogen-bond acceptors (Lipinski definition) is 3. The van der Waals surface area contributed by atoms with E-state index in [0.29, 0.717) is 6.54 Å². The average molecular weight is 349 g/mol. The molecule has 1 aliphatic rings. The van der Waals surface area contributed by atoms with Crippen LogP contribution in [-0.4, -0.2) is 25.3 Å². The van der Waals surface area contributed by atoms with Gasteiger partial charge in [0, 0.05) is 17.1 Å². The first-order chi connectivity index (χ1) is 11.6. The van der Waals surface area contributed by atoms with Gasteiger partial charge in [0.1, 0.15) is 17.4 Å². The zero-order valence-corrected chi connectivity index (χ0v) is 14.0. The molecule has 0 radical (unpaired) electrons. The molecule has 0 atom stereocenters. The van der Waals surface area contributed by atoms with Crippen molar-refractivity contribution < 1.29 is 18.3 Å². The lowest BCUT2D eigenvalue weighted by Gasteiger charge is -2.29. The van der Waals surface area contributed by atoms with Crippen molar-refractivity contribution in [3.63, 3.8) is 0 Å².